The molecule has 0 bridgehead atoms. The van der Waals surface area contributed by atoms with Gasteiger partial charge in [-0.05, 0) is 42.7 Å². The van der Waals surface area contributed by atoms with Crippen molar-refractivity contribution in [2.45, 2.75) is 37.6 Å². The number of carbonyl (C=O) groups is 2. The quantitative estimate of drug-likeness (QED) is 0.690. The van der Waals surface area contributed by atoms with Crippen molar-refractivity contribution >= 4 is 27.5 Å². The van der Waals surface area contributed by atoms with Crippen LogP contribution in [0.3, 0.4) is 0 Å². The predicted molar refractivity (Wildman–Crippen MR) is 111 cm³/mol. The van der Waals surface area contributed by atoms with Crippen LogP contribution in [0.2, 0.25) is 0 Å². The lowest BCUT2D eigenvalue weighted by Crippen LogP contribution is -2.31. The van der Waals surface area contributed by atoms with Crippen LogP contribution in [0.25, 0.3) is 0 Å². The summed E-state index contributed by atoms with van der Waals surface area (Å²) >= 11 is 0. The van der Waals surface area contributed by atoms with Crippen LogP contribution in [0.15, 0.2) is 53.4 Å². The molecule has 7 nitrogen and oxygen atoms in total. The lowest BCUT2D eigenvalue weighted by Gasteiger charge is -2.17. The van der Waals surface area contributed by atoms with Crippen molar-refractivity contribution < 1.29 is 18.0 Å². The maximum absolute atomic E-state index is 12.6. The largest absolute Gasteiger partial charge is 0.352 e. The minimum atomic E-state index is -3.74. The number of hydrogen-bond acceptors (Lipinski definition) is 4. The first-order valence-electron chi connectivity index (χ1n) is 9.58. The molecule has 2 aromatic rings. The lowest BCUT2D eigenvalue weighted by atomic mass is 10.2. The van der Waals surface area contributed by atoms with E-state index in [-0.39, 0.29) is 29.7 Å². The first-order chi connectivity index (χ1) is 13.9. The molecule has 0 atom stereocenters. The molecule has 0 saturated carbocycles. The molecule has 29 heavy (non-hydrogen) atoms. The maximum atomic E-state index is 12.6. The molecule has 0 radical (unpaired) electrons. The van der Waals surface area contributed by atoms with E-state index in [2.05, 4.69) is 10.0 Å². The Morgan fingerprint density at radius 3 is 2.55 bits per heavy atom. The highest BCUT2D eigenvalue weighted by atomic mass is 32.2. The first kappa shape index (κ1) is 21.0. The highest BCUT2D eigenvalue weighted by Crippen LogP contribution is 2.25. The number of amides is 2. The summed E-state index contributed by atoms with van der Waals surface area (Å²) in [4.78, 5) is 25.6. The van der Waals surface area contributed by atoms with Gasteiger partial charge >= 0.3 is 0 Å². The Morgan fingerprint density at radius 2 is 1.90 bits per heavy atom. The Balaban J connectivity index is 1.54. The van der Waals surface area contributed by atoms with Crippen molar-refractivity contribution in [3.8, 4) is 0 Å². The minimum absolute atomic E-state index is 0.00869. The Morgan fingerprint density at radius 1 is 1.14 bits per heavy atom. The average Bonchev–Trinajstić information content (AvgIpc) is 3.12. The molecule has 8 heteroatoms. The lowest BCUT2D eigenvalue weighted by molar-refractivity contribution is -0.121. The highest BCUT2D eigenvalue weighted by molar-refractivity contribution is 7.89. The number of carbonyl (C=O) groups excluding carboxylic acids is 2. The number of hydrogen-bond donors (Lipinski definition) is 2. The Kier molecular flexibility index (Phi) is 6.66. The third-order valence-electron chi connectivity index (χ3n) is 4.81. The number of benzene rings is 2. The summed E-state index contributed by atoms with van der Waals surface area (Å²) in [5.74, 6) is -0.171. The normalized spacial score (nSPS) is 14.2. The molecule has 0 unspecified atom stereocenters. The summed E-state index contributed by atoms with van der Waals surface area (Å²) in [6, 6.07) is 14.4. The Bertz CT molecular complexity index is 990. The Hall–Kier alpha value is -2.71. The van der Waals surface area contributed by atoms with E-state index in [4.69, 9.17) is 0 Å². The van der Waals surface area contributed by atoms with E-state index >= 15 is 0 Å². The molecular weight excluding hydrogens is 390 g/mol. The molecule has 1 aliphatic rings. The molecule has 0 aliphatic carbocycles. The van der Waals surface area contributed by atoms with Gasteiger partial charge in [0.2, 0.25) is 21.8 Å². The molecule has 1 saturated heterocycles. The van der Waals surface area contributed by atoms with E-state index < -0.39 is 10.0 Å². The summed E-state index contributed by atoms with van der Waals surface area (Å²) in [6.07, 6.45) is 1.38. The Labute approximate surface area is 171 Å². The molecule has 0 spiro atoms. The van der Waals surface area contributed by atoms with Gasteiger partial charge in [0.25, 0.3) is 0 Å². The van der Waals surface area contributed by atoms with Gasteiger partial charge in [0.05, 0.1) is 4.90 Å². The van der Waals surface area contributed by atoms with Crippen LogP contribution in [0.4, 0.5) is 5.69 Å². The number of rotatable bonds is 8. The molecule has 2 N–H and O–H groups in total. The number of nitrogens with one attached hydrogen (secondary N) is 2. The van der Waals surface area contributed by atoms with E-state index in [0.717, 1.165) is 12.0 Å². The van der Waals surface area contributed by atoms with Crippen LogP contribution in [-0.2, 0) is 26.2 Å². The second-order valence-corrected chi connectivity index (χ2v) is 8.74. The van der Waals surface area contributed by atoms with E-state index in [1.165, 1.54) is 6.07 Å². The fourth-order valence-electron chi connectivity index (χ4n) is 3.29. The van der Waals surface area contributed by atoms with Crippen molar-refractivity contribution in [3.05, 3.63) is 59.7 Å². The average molecular weight is 416 g/mol. The SMILES string of the molecule is Cc1cc(N2CCCC2=O)ccc1S(=O)(=O)NCCC(=O)NCc1ccccc1. The standard InChI is InChI=1S/C21H25N3O4S/c1-16-14-18(24-13-5-8-21(24)26)9-10-19(16)29(27,28)23-12-11-20(25)22-15-17-6-3-2-4-7-17/h2-4,6-7,9-10,14,23H,5,8,11-13,15H2,1H3,(H,22,25). The third kappa shape index (κ3) is 5.42. The van der Waals surface area contributed by atoms with Crippen molar-refractivity contribution in [1.29, 1.82) is 0 Å². The highest BCUT2D eigenvalue weighted by Gasteiger charge is 2.23. The fourth-order valence-corrected chi connectivity index (χ4v) is 4.54. The molecule has 3 rings (SSSR count). The van der Waals surface area contributed by atoms with Gasteiger partial charge < -0.3 is 10.2 Å². The molecule has 1 aliphatic heterocycles. The smallest absolute Gasteiger partial charge is 0.240 e. The van der Waals surface area contributed by atoms with Crippen molar-refractivity contribution in [2.75, 3.05) is 18.0 Å². The second kappa shape index (κ2) is 9.19. The van der Waals surface area contributed by atoms with Gasteiger partial charge in [-0.25, -0.2) is 13.1 Å². The van der Waals surface area contributed by atoms with Crippen molar-refractivity contribution in [1.82, 2.24) is 10.0 Å². The fraction of sp³-hybridized carbons (Fsp3) is 0.333. The van der Waals surface area contributed by atoms with E-state index in [1.54, 1.807) is 24.0 Å². The molecule has 1 fully saturated rings. The zero-order valence-corrected chi connectivity index (χ0v) is 17.2. The summed E-state index contributed by atoms with van der Waals surface area (Å²) in [5.41, 5.74) is 2.25. The summed E-state index contributed by atoms with van der Waals surface area (Å²) in [7, 11) is -3.74. The number of nitrogens with zero attached hydrogens (tertiary/aromatic N) is 1. The van der Waals surface area contributed by atoms with Crippen LogP contribution >= 0.6 is 0 Å². The topological polar surface area (TPSA) is 95.6 Å². The zero-order valence-electron chi connectivity index (χ0n) is 16.3. The van der Waals surface area contributed by atoms with E-state index in [9.17, 15) is 18.0 Å². The van der Waals surface area contributed by atoms with Crippen LogP contribution in [0.5, 0.6) is 0 Å². The number of aryl methyl sites for hydroxylation is 1. The number of anilines is 1. The van der Waals surface area contributed by atoms with Crippen molar-refractivity contribution in [3.63, 3.8) is 0 Å². The van der Waals surface area contributed by atoms with Crippen LogP contribution in [0.1, 0.15) is 30.4 Å². The second-order valence-electron chi connectivity index (χ2n) is 7.01. The van der Waals surface area contributed by atoms with E-state index in [1.807, 2.05) is 30.3 Å². The van der Waals surface area contributed by atoms with Crippen LogP contribution in [-0.4, -0.2) is 33.3 Å². The van der Waals surface area contributed by atoms with Crippen LogP contribution in [0, 0.1) is 6.92 Å². The molecule has 154 valence electrons. The van der Waals surface area contributed by atoms with Gasteiger partial charge in [0, 0.05) is 38.2 Å². The van der Waals surface area contributed by atoms with Gasteiger partial charge in [0.15, 0.2) is 0 Å². The minimum Gasteiger partial charge on any atom is -0.352 e. The number of sulfonamides is 1. The summed E-state index contributed by atoms with van der Waals surface area (Å²) in [6.45, 7) is 2.77. The van der Waals surface area contributed by atoms with Gasteiger partial charge in [-0.15, -0.1) is 0 Å². The van der Waals surface area contributed by atoms with Gasteiger partial charge in [0.1, 0.15) is 0 Å². The summed E-state index contributed by atoms with van der Waals surface area (Å²) in [5, 5.41) is 2.77. The molecule has 2 amide bonds. The van der Waals surface area contributed by atoms with Crippen LogP contribution < -0.4 is 14.9 Å². The molecule has 2 aromatic carbocycles. The monoisotopic (exact) mass is 415 g/mol. The molecular formula is C21H25N3O4S. The first-order valence-corrected chi connectivity index (χ1v) is 11.1. The van der Waals surface area contributed by atoms with Gasteiger partial charge in [-0.1, -0.05) is 30.3 Å². The maximum Gasteiger partial charge on any atom is 0.240 e. The third-order valence-corrected chi connectivity index (χ3v) is 6.43. The van der Waals surface area contributed by atoms with Gasteiger partial charge in [-0.3, -0.25) is 9.59 Å². The summed E-state index contributed by atoms with van der Waals surface area (Å²) < 4.78 is 27.6. The predicted octanol–water partition coefficient (Wildman–Crippen LogP) is 2.11. The molecule has 1 heterocycles. The molecule has 0 aromatic heterocycles. The van der Waals surface area contributed by atoms with E-state index in [0.29, 0.717) is 30.8 Å². The van der Waals surface area contributed by atoms with Crippen molar-refractivity contribution in [2.24, 2.45) is 0 Å². The zero-order chi connectivity index (χ0) is 20.9. The van der Waals surface area contributed by atoms with Gasteiger partial charge in [-0.2, -0.15) is 0 Å².